The Bertz CT molecular complexity index is 887. The van der Waals surface area contributed by atoms with Crippen molar-refractivity contribution in [2.24, 2.45) is 0 Å². The molecule has 0 amide bonds. The second-order valence-corrected chi connectivity index (χ2v) is 8.28. The number of hydrogen-bond acceptors (Lipinski definition) is 0. The Balaban J connectivity index is 0.000000325. The number of fused-ring (bicyclic) bond motifs is 3. The minimum absolute atomic E-state index is 1.06. The molecule has 0 unspecified atom stereocenters. The van der Waals surface area contributed by atoms with Gasteiger partial charge in [-0.15, -0.1) is 33.7 Å². The quantitative estimate of drug-likeness (QED) is 0.480. The van der Waals surface area contributed by atoms with Crippen molar-refractivity contribution >= 4 is 30.3 Å². The summed E-state index contributed by atoms with van der Waals surface area (Å²) >= 11 is 1.55. The number of benzene rings is 2. The summed E-state index contributed by atoms with van der Waals surface area (Å²) in [4.78, 5) is 0. The van der Waals surface area contributed by atoms with Crippen LogP contribution in [0.2, 0.25) is 0 Å². The van der Waals surface area contributed by atoms with Crippen molar-refractivity contribution in [1.82, 2.24) is 0 Å². The van der Waals surface area contributed by atoms with Gasteiger partial charge in [0, 0.05) is 0 Å². The van der Waals surface area contributed by atoms with E-state index in [0.717, 1.165) is 6.42 Å². The molecule has 0 atom stereocenters. The first-order valence-corrected chi connectivity index (χ1v) is 8.84. The van der Waals surface area contributed by atoms with Gasteiger partial charge in [-0.3, -0.25) is 0 Å². The number of rotatable bonds is 1. The fourth-order valence-corrected chi connectivity index (χ4v) is 2.91. The van der Waals surface area contributed by atoms with Gasteiger partial charge < -0.3 is 0 Å². The fraction of sp³-hybridized carbons (Fsp3) is 0.143. The average molecular weight is 363 g/mol. The van der Waals surface area contributed by atoms with E-state index < -0.39 is 0 Å². The van der Waals surface area contributed by atoms with Crippen LogP contribution in [-0.2, 0) is 24.2 Å². The SMILES string of the molecule is C1=CCC(c2cccc3c2[cH-]c2ccccc23)=C1.C[C](C)=[Zr]. The summed E-state index contributed by atoms with van der Waals surface area (Å²) in [7, 11) is 0. The predicted octanol–water partition coefficient (Wildman–Crippen LogP) is 5.80. The monoisotopic (exact) mass is 361 g/mol. The zero-order valence-corrected chi connectivity index (χ0v) is 15.5. The molecule has 0 N–H and O–H groups in total. The van der Waals surface area contributed by atoms with Gasteiger partial charge in [-0.25, -0.2) is 0 Å². The second-order valence-electron chi connectivity index (χ2n) is 5.82. The van der Waals surface area contributed by atoms with E-state index in [1.54, 1.807) is 24.2 Å². The molecule has 0 bridgehead atoms. The van der Waals surface area contributed by atoms with Crippen molar-refractivity contribution in [3.05, 3.63) is 72.3 Å². The van der Waals surface area contributed by atoms with Crippen molar-refractivity contribution in [2.75, 3.05) is 0 Å². The van der Waals surface area contributed by atoms with Gasteiger partial charge in [0.2, 0.25) is 0 Å². The number of hydrogen-bond donors (Lipinski definition) is 0. The Morgan fingerprint density at radius 2 is 1.73 bits per heavy atom. The molecule has 0 radical (unpaired) electrons. The van der Waals surface area contributed by atoms with Crippen molar-refractivity contribution in [1.29, 1.82) is 0 Å². The fourth-order valence-electron chi connectivity index (χ4n) is 2.91. The Morgan fingerprint density at radius 3 is 2.45 bits per heavy atom. The summed E-state index contributed by atoms with van der Waals surface area (Å²) in [5.41, 5.74) is 2.81. The molecule has 22 heavy (non-hydrogen) atoms. The van der Waals surface area contributed by atoms with Crippen LogP contribution in [0.1, 0.15) is 25.8 Å². The third-order valence-corrected chi connectivity index (χ3v) is 3.77. The van der Waals surface area contributed by atoms with Crippen LogP contribution < -0.4 is 0 Å². The van der Waals surface area contributed by atoms with Crippen LogP contribution in [0, 0.1) is 0 Å². The molecule has 0 nitrogen and oxygen atoms in total. The predicted molar refractivity (Wildman–Crippen MR) is 95.1 cm³/mol. The molecule has 0 spiro atoms. The topological polar surface area (TPSA) is 0 Å². The summed E-state index contributed by atoms with van der Waals surface area (Å²) in [6.45, 7) is 4.25. The Morgan fingerprint density at radius 1 is 1.00 bits per heavy atom. The summed E-state index contributed by atoms with van der Waals surface area (Å²) in [6, 6.07) is 17.6. The van der Waals surface area contributed by atoms with Gasteiger partial charge >= 0.3 is 41.3 Å². The van der Waals surface area contributed by atoms with Crippen LogP contribution in [0.15, 0.2) is 66.8 Å². The minimum atomic E-state index is 1.06. The maximum atomic E-state index is 2.32. The van der Waals surface area contributed by atoms with Crippen LogP contribution in [0.4, 0.5) is 0 Å². The van der Waals surface area contributed by atoms with Crippen LogP contribution in [-0.4, -0.2) is 3.21 Å². The first-order valence-electron chi connectivity index (χ1n) is 7.62. The van der Waals surface area contributed by atoms with E-state index in [2.05, 4.69) is 80.6 Å². The van der Waals surface area contributed by atoms with Gasteiger partial charge in [-0.05, 0) is 6.42 Å². The number of allylic oxidation sites excluding steroid dienone is 4. The van der Waals surface area contributed by atoms with Crippen LogP contribution >= 0.6 is 0 Å². The molecule has 0 saturated carbocycles. The van der Waals surface area contributed by atoms with Crippen molar-refractivity contribution in [2.45, 2.75) is 20.3 Å². The van der Waals surface area contributed by atoms with Crippen LogP contribution in [0.25, 0.3) is 27.1 Å². The van der Waals surface area contributed by atoms with Gasteiger partial charge in [0.1, 0.15) is 0 Å². The molecule has 0 saturated heterocycles. The zero-order valence-electron chi connectivity index (χ0n) is 13.1. The standard InChI is InChI=1S/C18H13.C3H6.Zr/c1-2-7-13(6-1)15-10-5-11-17-16-9-4-3-8-14(16)12-18(15)17;1-3-2;/h1-6,8-12H,7H2;1-2H3;/q-1;;. The summed E-state index contributed by atoms with van der Waals surface area (Å²) in [6.07, 6.45) is 7.65. The molecule has 0 fully saturated rings. The van der Waals surface area contributed by atoms with Gasteiger partial charge in [0.25, 0.3) is 0 Å². The zero-order chi connectivity index (χ0) is 15.5. The molecule has 1 aliphatic carbocycles. The first kappa shape index (κ1) is 15.4. The van der Waals surface area contributed by atoms with Crippen LogP contribution in [0.5, 0.6) is 0 Å². The van der Waals surface area contributed by atoms with E-state index in [1.807, 2.05) is 0 Å². The van der Waals surface area contributed by atoms with E-state index >= 15 is 0 Å². The van der Waals surface area contributed by atoms with Crippen molar-refractivity contribution < 1.29 is 24.2 Å². The van der Waals surface area contributed by atoms with Gasteiger partial charge in [-0.1, -0.05) is 65.8 Å². The molecule has 3 aromatic rings. The van der Waals surface area contributed by atoms with E-state index in [4.69, 9.17) is 0 Å². The van der Waals surface area contributed by atoms with E-state index in [-0.39, 0.29) is 0 Å². The van der Waals surface area contributed by atoms with Crippen LogP contribution in [0.3, 0.4) is 0 Å². The Labute approximate surface area is 146 Å². The molecule has 1 heteroatoms. The van der Waals surface area contributed by atoms with Gasteiger partial charge in [-0.2, -0.15) is 0 Å². The Kier molecular flexibility index (Phi) is 4.74. The average Bonchev–Trinajstić information content (AvgIpc) is 3.14. The molecule has 108 valence electrons. The summed E-state index contributed by atoms with van der Waals surface area (Å²) < 4.78 is 1.51. The molecule has 1 aliphatic rings. The molecular formula is C21H19Zr-. The molecular weight excluding hydrogens is 343 g/mol. The van der Waals surface area contributed by atoms with Gasteiger partial charge in [0.15, 0.2) is 0 Å². The molecule has 0 aromatic heterocycles. The first-order chi connectivity index (χ1) is 10.7. The third-order valence-electron chi connectivity index (χ3n) is 3.77. The summed E-state index contributed by atoms with van der Waals surface area (Å²) in [5.74, 6) is 0. The molecule has 0 aliphatic heterocycles. The molecule has 4 rings (SSSR count). The van der Waals surface area contributed by atoms with Gasteiger partial charge in [0.05, 0.1) is 0 Å². The van der Waals surface area contributed by atoms with E-state index in [1.165, 1.54) is 35.9 Å². The van der Waals surface area contributed by atoms with E-state index in [0.29, 0.717) is 0 Å². The second kappa shape index (κ2) is 6.75. The maximum absolute atomic E-state index is 2.32. The normalized spacial score (nSPS) is 13.0. The van der Waals surface area contributed by atoms with Crippen molar-refractivity contribution in [3.63, 3.8) is 0 Å². The third kappa shape index (κ3) is 3.15. The molecule has 0 heterocycles. The van der Waals surface area contributed by atoms with E-state index in [9.17, 15) is 0 Å². The Hall–Kier alpha value is -1.46. The molecule has 3 aromatic carbocycles. The van der Waals surface area contributed by atoms with Crippen molar-refractivity contribution in [3.8, 4) is 0 Å². The summed E-state index contributed by atoms with van der Waals surface area (Å²) in [5, 5.41) is 5.46.